The Morgan fingerprint density at radius 3 is 2.35 bits per heavy atom. The quantitative estimate of drug-likeness (QED) is 0.721. The minimum Gasteiger partial charge on any atom is -0.444 e. The Labute approximate surface area is 105 Å². The van der Waals surface area contributed by atoms with Crippen molar-refractivity contribution in [1.82, 2.24) is 4.98 Å². The summed E-state index contributed by atoms with van der Waals surface area (Å²) < 4.78 is 4.58. The molecular weight excluding hydrogens is 242 g/mol. The number of ether oxygens (including phenoxy) is 1. The molecule has 6 heteroatoms. The molecule has 17 heavy (non-hydrogen) atoms. The lowest BCUT2D eigenvalue weighted by Gasteiger charge is -2.16. The van der Waals surface area contributed by atoms with E-state index in [1.807, 2.05) is 6.07 Å². The van der Waals surface area contributed by atoms with Crippen LogP contribution in [0.1, 0.15) is 26.5 Å². The first-order valence-electron chi connectivity index (χ1n) is 4.75. The number of amides is 1. The second-order valence-electron chi connectivity index (χ2n) is 3.99. The maximum Gasteiger partial charge on any atom is 0.405 e. The highest BCUT2D eigenvalue weighted by Gasteiger charge is 2.12. The normalized spacial score (nSPS) is 9.59. The van der Waals surface area contributed by atoms with E-state index in [0.29, 0.717) is 10.8 Å². The first kappa shape index (κ1) is 15.2. The molecule has 0 aliphatic rings. The molecule has 1 heterocycles. The van der Waals surface area contributed by atoms with Crippen molar-refractivity contribution >= 4 is 17.7 Å². The fourth-order valence-corrected chi connectivity index (χ4v) is 0.936. The third-order valence-electron chi connectivity index (χ3n) is 1.24. The highest BCUT2D eigenvalue weighted by atomic mass is 35.5. The van der Waals surface area contributed by atoms with E-state index in [2.05, 4.69) is 9.72 Å². The molecular formula is C11H14ClN3O2. The summed E-state index contributed by atoms with van der Waals surface area (Å²) >= 11 is 5.46. The molecule has 92 valence electrons. The number of primary amides is 1. The zero-order valence-corrected chi connectivity index (χ0v) is 10.7. The molecule has 0 radical (unpaired) electrons. The predicted molar refractivity (Wildman–Crippen MR) is 64.4 cm³/mol. The number of carbonyl (C=O) groups excluding carboxylic acids is 1. The van der Waals surface area contributed by atoms with Crippen LogP contribution < -0.4 is 5.73 Å². The van der Waals surface area contributed by atoms with Crippen LogP contribution in [0.4, 0.5) is 4.79 Å². The van der Waals surface area contributed by atoms with Crippen LogP contribution in [-0.2, 0) is 4.74 Å². The largest absolute Gasteiger partial charge is 0.444 e. The third kappa shape index (κ3) is 9.15. The van der Waals surface area contributed by atoms with Crippen molar-refractivity contribution in [2.45, 2.75) is 26.4 Å². The van der Waals surface area contributed by atoms with E-state index in [4.69, 9.17) is 22.6 Å². The average molecular weight is 256 g/mol. The number of nitriles is 1. The van der Waals surface area contributed by atoms with Gasteiger partial charge in [-0.25, -0.2) is 9.78 Å². The summed E-state index contributed by atoms with van der Waals surface area (Å²) in [6.07, 6.45) is -0.725. The molecule has 0 atom stereocenters. The molecule has 1 rings (SSSR count). The number of hydrogen-bond acceptors (Lipinski definition) is 4. The SMILES string of the molecule is CC(C)(C)OC(N)=O.N#Cc1cccc(Cl)n1. The highest BCUT2D eigenvalue weighted by molar-refractivity contribution is 6.29. The van der Waals surface area contributed by atoms with Gasteiger partial charge < -0.3 is 10.5 Å². The number of rotatable bonds is 0. The van der Waals surface area contributed by atoms with Crippen LogP contribution >= 0.6 is 11.6 Å². The van der Waals surface area contributed by atoms with Gasteiger partial charge in [-0.2, -0.15) is 5.26 Å². The van der Waals surface area contributed by atoms with E-state index in [-0.39, 0.29) is 0 Å². The Balaban J connectivity index is 0.000000304. The molecule has 0 fully saturated rings. The molecule has 0 aliphatic heterocycles. The predicted octanol–water partition coefficient (Wildman–Crippen LogP) is 2.49. The molecule has 1 amide bonds. The zero-order valence-electron chi connectivity index (χ0n) is 9.90. The first-order valence-corrected chi connectivity index (χ1v) is 5.13. The second kappa shape index (κ2) is 6.71. The molecule has 0 saturated carbocycles. The molecule has 0 bridgehead atoms. The molecule has 2 N–H and O–H groups in total. The second-order valence-corrected chi connectivity index (χ2v) is 4.38. The summed E-state index contributed by atoms with van der Waals surface area (Å²) in [6, 6.07) is 6.79. The summed E-state index contributed by atoms with van der Waals surface area (Å²) in [4.78, 5) is 13.7. The Bertz CT molecular complexity index is 421. The average Bonchev–Trinajstić information content (AvgIpc) is 2.14. The maximum atomic E-state index is 10.0. The van der Waals surface area contributed by atoms with Crippen molar-refractivity contribution in [1.29, 1.82) is 5.26 Å². The minimum atomic E-state index is -0.725. The smallest absolute Gasteiger partial charge is 0.405 e. The van der Waals surface area contributed by atoms with Gasteiger partial charge in [-0.05, 0) is 32.9 Å². The maximum absolute atomic E-state index is 10.0. The van der Waals surface area contributed by atoms with E-state index in [9.17, 15) is 4.79 Å². The van der Waals surface area contributed by atoms with Gasteiger partial charge in [-0.15, -0.1) is 0 Å². The van der Waals surface area contributed by atoms with Crippen LogP contribution in [0.3, 0.4) is 0 Å². The third-order valence-corrected chi connectivity index (χ3v) is 1.45. The van der Waals surface area contributed by atoms with Crippen LogP contribution in [0.5, 0.6) is 0 Å². The van der Waals surface area contributed by atoms with Gasteiger partial charge >= 0.3 is 6.09 Å². The number of hydrogen-bond donors (Lipinski definition) is 1. The van der Waals surface area contributed by atoms with Gasteiger partial charge in [0, 0.05) is 0 Å². The van der Waals surface area contributed by atoms with Crippen LogP contribution in [-0.4, -0.2) is 16.7 Å². The molecule has 0 aromatic carbocycles. The Hall–Kier alpha value is -1.80. The van der Waals surface area contributed by atoms with Gasteiger partial charge in [-0.1, -0.05) is 17.7 Å². The Morgan fingerprint density at radius 1 is 1.53 bits per heavy atom. The number of nitrogens with zero attached hydrogens (tertiary/aromatic N) is 2. The van der Waals surface area contributed by atoms with E-state index in [1.54, 1.807) is 39.0 Å². The lowest BCUT2D eigenvalue weighted by molar-refractivity contribution is 0.0600. The Morgan fingerprint density at radius 2 is 2.12 bits per heavy atom. The molecule has 5 nitrogen and oxygen atoms in total. The van der Waals surface area contributed by atoms with Crippen molar-refractivity contribution in [3.8, 4) is 6.07 Å². The number of halogens is 1. The molecule has 0 aliphatic carbocycles. The van der Waals surface area contributed by atoms with Gasteiger partial charge in [-0.3, -0.25) is 0 Å². The van der Waals surface area contributed by atoms with E-state index < -0.39 is 11.7 Å². The van der Waals surface area contributed by atoms with Crippen molar-refractivity contribution in [2.75, 3.05) is 0 Å². The van der Waals surface area contributed by atoms with Crippen molar-refractivity contribution in [3.63, 3.8) is 0 Å². The fraction of sp³-hybridized carbons (Fsp3) is 0.364. The molecule has 0 saturated heterocycles. The summed E-state index contributed by atoms with van der Waals surface area (Å²) in [5, 5.41) is 8.65. The van der Waals surface area contributed by atoms with Crippen molar-refractivity contribution in [3.05, 3.63) is 29.0 Å². The van der Waals surface area contributed by atoms with Crippen molar-refractivity contribution < 1.29 is 9.53 Å². The first-order chi connectivity index (χ1) is 7.74. The van der Waals surface area contributed by atoms with Crippen LogP contribution in [0.25, 0.3) is 0 Å². The lowest BCUT2D eigenvalue weighted by Crippen LogP contribution is -2.27. The van der Waals surface area contributed by atoms with E-state index in [0.717, 1.165) is 0 Å². The summed E-state index contributed by atoms with van der Waals surface area (Å²) in [6.45, 7) is 5.28. The zero-order chi connectivity index (χ0) is 13.5. The van der Waals surface area contributed by atoms with Gasteiger partial charge in [0.25, 0.3) is 0 Å². The highest BCUT2D eigenvalue weighted by Crippen LogP contribution is 2.05. The monoisotopic (exact) mass is 255 g/mol. The van der Waals surface area contributed by atoms with Gasteiger partial charge in [0.15, 0.2) is 0 Å². The van der Waals surface area contributed by atoms with Gasteiger partial charge in [0.2, 0.25) is 0 Å². The number of pyridine rings is 1. The van der Waals surface area contributed by atoms with Gasteiger partial charge in [0.05, 0.1) is 0 Å². The number of nitrogens with two attached hydrogens (primary N) is 1. The fourth-order valence-electron chi connectivity index (χ4n) is 0.772. The van der Waals surface area contributed by atoms with Gasteiger partial charge in [0.1, 0.15) is 22.5 Å². The Kier molecular flexibility index (Phi) is 6.00. The van der Waals surface area contributed by atoms with Crippen LogP contribution in [0.2, 0.25) is 5.15 Å². The van der Waals surface area contributed by atoms with Crippen molar-refractivity contribution in [2.24, 2.45) is 5.73 Å². The summed E-state index contributed by atoms with van der Waals surface area (Å²) in [5.41, 5.74) is 4.61. The van der Waals surface area contributed by atoms with E-state index in [1.165, 1.54) is 0 Å². The van der Waals surface area contributed by atoms with Crippen LogP contribution in [0, 0.1) is 11.3 Å². The van der Waals surface area contributed by atoms with Crippen LogP contribution in [0.15, 0.2) is 18.2 Å². The number of carbonyl (C=O) groups is 1. The number of aromatic nitrogens is 1. The molecule has 1 aromatic rings. The minimum absolute atomic E-state index is 0.350. The standard InChI is InChI=1S/C6H3ClN2.C5H11NO2/c7-6-3-1-2-5(4-8)9-6;1-5(2,3)8-4(6)7/h1-3H;1-3H3,(H2,6,7). The summed E-state index contributed by atoms with van der Waals surface area (Å²) in [7, 11) is 0. The summed E-state index contributed by atoms with van der Waals surface area (Å²) in [5.74, 6) is 0. The lowest BCUT2D eigenvalue weighted by atomic mass is 10.2. The topological polar surface area (TPSA) is 89.0 Å². The molecule has 0 spiro atoms. The molecule has 1 aromatic heterocycles. The molecule has 0 unspecified atom stereocenters. The van der Waals surface area contributed by atoms with E-state index >= 15 is 0 Å².